The van der Waals surface area contributed by atoms with Crippen LogP contribution >= 0.6 is 0 Å². The van der Waals surface area contributed by atoms with Gasteiger partial charge in [-0.1, -0.05) is 0 Å². The zero-order chi connectivity index (χ0) is 0. The Bertz CT molecular complexity index is 8.00. The average molecular weight is 273 g/mol. The largest absolute Gasteiger partial charge is 3.00 e. The predicted octanol–water partition coefficient (Wildman–Crippen LogP) is -0.124. The summed E-state index contributed by atoms with van der Waals surface area (Å²) in [6.45, 7) is 0. The van der Waals surface area contributed by atoms with Crippen molar-refractivity contribution in [1.82, 2.24) is 0 Å². The molecule has 0 aliphatic rings. The van der Waals surface area contributed by atoms with E-state index in [-0.39, 0.29) is 74.3 Å². The van der Waals surface area contributed by atoms with Gasteiger partial charge in [0.25, 0.3) is 0 Å². The van der Waals surface area contributed by atoms with Gasteiger partial charge in [-0.3, -0.25) is 0 Å². The molecular formula is CoLaNiO+5. The quantitative estimate of drug-likeness (QED) is 0.550. The Morgan fingerprint density at radius 3 is 1.00 bits per heavy atom. The molecule has 0 aliphatic heterocycles. The first kappa shape index (κ1) is 35.2. The molecule has 0 aromatic rings. The molecule has 0 atom stereocenters. The molecule has 0 N–H and O–H groups in total. The molecule has 0 saturated heterocycles. The molecule has 0 spiro atoms. The Morgan fingerprint density at radius 2 is 1.00 bits per heavy atom. The van der Waals surface area contributed by atoms with Crippen LogP contribution in [0.2, 0.25) is 0 Å². The van der Waals surface area contributed by atoms with Crippen LogP contribution in [0, 0.1) is 35.6 Å². The summed E-state index contributed by atoms with van der Waals surface area (Å²) < 4.78 is 0. The predicted molar refractivity (Wildman–Crippen MR) is 0.686 cm³/mol. The minimum Gasteiger partial charge on any atom is -2.00 e. The number of rotatable bonds is 0. The third-order valence-electron chi connectivity index (χ3n) is 0. The summed E-state index contributed by atoms with van der Waals surface area (Å²) in [4.78, 5) is 0. The van der Waals surface area contributed by atoms with E-state index in [0.717, 1.165) is 0 Å². The molecule has 4 heteroatoms. The Hall–Kier alpha value is 2.15. The van der Waals surface area contributed by atoms with Crippen molar-refractivity contribution in [2.45, 2.75) is 0 Å². The maximum absolute atomic E-state index is 0. The van der Waals surface area contributed by atoms with E-state index in [9.17, 15) is 0 Å². The summed E-state index contributed by atoms with van der Waals surface area (Å²) in [5.41, 5.74) is 0. The van der Waals surface area contributed by atoms with Gasteiger partial charge in [0, 0.05) is 0 Å². The summed E-state index contributed by atoms with van der Waals surface area (Å²) in [5.74, 6) is 0. The molecule has 0 fully saturated rings. The van der Waals surface area contributed by atoms with Gasteiger partial charge in [0.2, 0.25) is 0 Å². The van der Waals surface area contributed by atoms with Crippen molar-refractivity contribution in [2.24, 2.45) is 0 Å². The molecular weight excluding hydrogens is 273 g/mol. The second-order valence-corrected chi connectivity index (χ2v) is 0. The minimum atomic E-state index is 0. The first-order chi connectivity index (χ1) is 0. The Kier molecular flexibility index (Phi) is 169. The summed E-state index contributed by atoms with van der Waals surface area (Å²) in [5, 5.41) is 0. The topological polar surface area (TPSA) is 28.5 Å². The normalized spacial score (nSPS) is 0. The zero-order valence-electron chi connectivity index (χ0n) is 1.64. The van der Waals surface area contributed by atoms with E-state index in [2.05, 4.69) is 0 Å². The fourth-order valence-electron chi connectivity index (χ4n) is 0. The van der Waals surface area contributed by atoms with Crippen LogP contribution in [0.1, 0.15) is 0 Å². The van der Waals surface area contributed by atoms with Gasteiger partial charge in [-0.05, 0) is 0 Å². The fourth-order valence-corrected chi connectivity index (χ4v) is 0. The van der Waals surface area contributed by atoms with E-state index < -0.39 is 0 Å². The van der Waals surface area contributed by atoms with Gasteiger partial charge in [-0.2, -0.15) is 0 Å². The molecule has 0 amide bonds. The minimum absolute atomic E-state index is 0. The van der Waals surface area contributed by atoms with Crippen LogP contribution in [0.3, 0.4) is 0 Å². The van der Waals surface area contributed by atoms with E-state index in [0.29, 0.717) is 0 Å². The van der Waals surface area contributed by atoms with Gasteiger partial charge in [0.05, 0.1) is 0 Å². The molecule has 0 unspecified atom stereocenters. The van der Waals surface area contributed by atoms with Crippen molar-refractivity contribution in [1.29, 1.82) is 0 Å². The monoisotopic (exact) mass is 272 g/mol. The summed E-state index contributed by atoms with van der Waals surface area (Å²) >= 11 is 0. The Morgan fingerprint density at radius 1 is 1.00 bits per heavy atom. The van der Waals surface area contributed by atoms with Gasteiger partial charge in [0.1, 0.15) is 0 Å². The number of hydrogen-bond donors (Lipinski definition) is 0. The summed E-state index contributed by atoms with van der Waals surface area (Å²) in [6, 6.07) is 0. The van der Waals surface area contributed by atoms with Crippen molar-refractivity contribution in [2.75, 3.05) is 0 Å². The average Bonchev–Trinajstić information content (AvgIpc) is 0. The molecule has 0 aliphatic carbocycles. The first-order valence-corrected chi connectivity index (χ1v) is 0. The Balaban J connectivity index is 0. The molecule has 4 heavy (non-hydrogen) atoms. The van der Waals surface area contributed by atoms with Gasteiger partial charge >= 0.3 is 68.9 Å². The second kappa shape index (κ2) is 19.2. The van der Waals surface area contributed by atoms with Crippen molar-refractivity contribution in [3.63, 3.8) is 0 Å². The zero-order valence-corrected chi connectivity index (χ0v) is 7.29. The third-order valence-corrected chi connectivity index (χ3v) is 0. The van der Waals surface area contributed by atoms with Gasteiger partial charge < -0.3 is 5.48 Å². The first-order valence-electron chi connectivity index (χ1n) is 0. The van der Waals surface area contributed by atoms with E-state index in [1.807, 2.05) is 0 Å². The molecule has 0 aromatic heterocycles. The third kappa shape index (κ3) is 8.91. The van der Waals surface area contributed by atoms with Gasteiger partial charge in [-0.15, -0.1) is 0 Å². The van der Waals surface area contributed by atoms with Crippen molar-refractivity contribution in [3.8, 4) is 0 Å². The fraction of sp³-hybridized carbons (Fsp3) is 0. The molecule has 0 heterocycles. The standard InChI is InChI=1S/Co.La.Ni.O/q+2;+3;+2;-2. The summed E-state index contributed by atoms with van der Waals surface area (Å²) in [7, 11) is 0. The van der Waals surface area contributed by atoms with E-state index in [1.54, 1.807) is 0 Å². The molecule has 0 rings (SSSR count). The molecule has 0 bridgehead atoms. The maximum atomic E-state index is 0. The van der Waals surface area contributed by atoms with Crippen LogP contribution in [-0.2, 0) is 38.7 Å². The van der Waals surface area contributed by atoms with Crippen LogP contribution in [0.15, 0.2) is 0 Å². The smallest absolute Gasteiger partial charge is 2.00 e. The van der Waals surface area contributed by atoms with Crippen LogP contribution in [0.25, 0.3) is 0 Å². The van der Waals surface area contributed by atoms with Gasteiger partial charge in [0.15, 0.2) is 0 Å². The van der Waals surface area contributed by atoms with E-state index in [4.69, 9.17) is 0 Å². The second-order valence-electron chi connectivity index (χ2n) is 0. The molecule has 23 valence electrons. The summed E-state index contributed by atoms with van der Waals surface area (Å²) in [6.07, 6.45) is 0. The van der Waals surface area contributed by atoms with E-state index >= 15 is 0 Å². The molecule has 0 saturated carbocycles. The Labute approximate surface area is 73.3 Å². The number of hydrogen-bond acceptors (Lipinski definition) is 0. The molecule has 1 nitrogen and oxygen atoms in total. The van der Waals surface area contributed by atoms with Crippen molar-refractivity contribution in [3.05, 3.63) is 0 Å². The van der Waals surface area contributed by atoms with Crippen LogP contribution in [0.5, 0.6) is 0 Å². The molecule has 0 aromatic carbocycles. The van der Waals surface area contributed by atoms with Crippen LogP contribution < -0.4 is 0 Å². The SMILES string of the molecule is [Co+2].[La+3].[Ni+2].[O-2]. The van der Waals surface area contributed by atoms with Gasteiger partial charge in [-0.25, -0.2) is 0 Å². The molecule has 1 radical (unpaired) electrons. The van der Waals surface area contributed by atoms with Crippen LogP contribution in [-0.4, -0.2) is 0 Å². The van der Waals surface area contributed by atoms with E-state index in [1.165, 1.54) is 0 Å². The van der Waals surface area contributed by atoms with Crippen molar-refractivity contribution >= 4 is 0 Å². The maximum Gasteiger partial charge on any atom is 3.00 e. The van der Waals surface area contributed by atoms with Crippen molar-refractivity contribution < 1.29 is 74.3 Å². The van der Waals surface area contributed by atoms with Crippen LogP contribution in [0.4, 0.5) is 0 Å².